The zero-order valence-electron chi connectivity index (χ0n) is 14.3. The molecule has 0 fully saturated rings. The van der Waals surface area contributed by atoms with Crippen LogP contribution in [0.15, 0.2) is 84.0 Å². The van der Waals surface area contributed by atoms with E-state index in [-0.39, 0.29) is 5.69 Å². The van der Waals surface area contributed by atoms with Gasteiger partial charge in [-0.3, -0.25) is 10.1 Å². The number of non-ortho nitro benzene ring substituents is 1. The van der Waals surface area contributed by atoms with Gasteiger partial charge in [0, 0.05) is 33.0 Å². The van der Waals surface area contributed by atoms with E-state index in [1.807, 2.05) is 54.6 Å². The Morgan fingerprint density at radius 3 is 2.11 bits per heavy atom. The van der Waals surface area contributed by atoms with Crippen LogP contribution in [0.4, 0.5) is 17.1 Å². The first kappa shape index (κ1) is 18.5. The van der Waals surface area contributed by atoms with E-state index >= 15 is 0 Å². The maximum absolute atomic E-state index is 11.0. The molecule has 0 saturated heterocycles. The molecular formula is C19H13ClIN5O2. The highest BCUT2D eigenvalue weighted by molar-refractivity contribution is 14.1. The molecule has 1 aliphatic rings. The third-order valence-corrected chi connectivity index (χ3v) is 5.11. The van der Waals surface area contributed by atoms with Gasteiger partial charge in [-0.05, 0) is 59.0 Å². The monoisotopic (exact) mass is 505 g/mol. The number of hydrazine groups is 2. The van der Waals surface area contributed by atoms with Gasteiger partial charge in [0.15, 0.2) is 5.84 Å². The lowest BCUT2D eigenvalue weighted by Gasteiger charge is -2.31. The number of rotatable bonds is 4. The van der Waals surface area contributed by atoms with Crippen LogP contribution in [-0.2, 0) is 0 Å². The Balaban J connectivity index is 1.78. The van der Waals surface area contributed by atoms with Crippen LogP contribution in [0.25, 0.3) is 0 Å². The van der Waals surface area contributed by atoms with Gasteiger partial charge in [-0.25, -0.2) is 0 Å². The number of nitro groups is 1. The number of benzene rings is 3. The number of amidine groups is 1. The van der Waals surface area contributed by atoms with Crippen molar-refractivity contribution in [3.63, 3.8) is 0 Å². The summed E-state index contributed by atoms with van der Waals surface area (Å²) in [6.45, 7) is 0. The van der Waals surface area contributed by atoms with Gasteiger partial charge in [-0.15, -0.1) is 10.2 Å². The lowest BCUT2D eigenvalue weighted by Crippen LogP contribution is -2.43. The molecule has 3 aromatic carbocycles. The Hall–Kier alpha value is -2.85. The summed E-state index contributed by atoms with van der Waals surface area (Å²) in [5.74, 6) is 0.541. The zero-order valence-corrected chi connectivity index (χ0v) is 17.2. The van der Waals surface area contributed by atoms with E-state index in [0.717, 1.165) is 14.8 Å². The predicted octanol–water partition coefficient (Wildman–Crippen LogP) is 5.17. The number of hydrogen-bond acceptors (Lipinski definition) is 6. The van der Waals surface area contributed by atoms with Crippen LogP contribution in [-0.4, -0.2) is 15.3 Å². The normalized spacial score (nSPS) is 13.6. The number of halogens is 2. The van der Waals surface area contributed by atoms with Crippen LogP contribution in [0.1, 0.15) is 5.56 Å². The number of hydrazone groups is 1. The summed E-state index contributed by atoms with van der Waals surface area (Å²) in [7, 11) is 0. The van der Waals surface area contributed by atoms with Crippen LogP contribution < -0.4 is 10.2 Å². The van der Waals surface area contributed by atoms with Crippen LogP contribution in [0.2, 0.25) is 0 Å². The molecule has 3 aromatic rings. The summed E-state index contributed by atoms with van der Waals surface area (Å²) in [6, 6.07) is 23.5. The van der Waals surface area contributed by atoms with Crippen LogP contribution >= 0.6 is 34.4 Å². The minimum absolute atomic E-state index is 0.00841. The van der Waals surface area contributed by atoms with Crippen molar-refractivity contribution in [2.45, 2.75) is 0 Å². The van der Waals surface area contributed by atoms with Gasteiger partial charge >= 0.3 is 0 Å². The van der Waals surface area contributed by atoms with Crippen molar-refractivity contribution in [3.8, 4) is 0 Å². The van der Waals surface area contributed by atoms with E-state index in [1.54, 1.807) is 22.4 Å². The average molecular weight is 506 g/mol. The van der Waals surface area contributed by atoms with Crippen LogP contribution in [0.5, 0.6) is 0 Å². The molecule has 1 aliphatic heterocycles. The van der Waals surface area contributed by atoms with E-state index in [1.165, 1.54) is 16.7 Å². The van der Waals surface area contributed by atoms with Crippen LogP contribution in [0.3, 0.4) is 0 Å². The van der Waals surface area contributed by atoms with E-state index in [9.17, 15) is 10.1 Å². The maximum atomic E-state index is 11.0. The number of nitro benzene ring substituents is 1. The van der Waals surface area contributed by atoms with Crippen molar-refractivity contribution in [2.75, 3.05) is 10.2 Å². The van der Waals surface area contributed by atoms with Gasteiger partial charge in [-0.1, -0.05) is 30.3 Å². The van der Waals surface area contributed by atoms with Gasteiger partial charge in [0.05, 0.1) is 16.3 Å². The molecule has 0 spiro atoms. The Kier molecular flexibility index (Phi) is 5.05. The highest BCUT2D eigenvalue weighted by Crippen LogP contribution is 2.33. The van der Waals surface area contributed by atoms with Crippen molar-refractivity contribution in [3.05, 3.63) is 98.1 Å². The topological polar surface area (TPSA) is 65.2 Å². The van der Waals surface area contributed by atoms with Gasteiger partial charge in [0.1, 0.15) is 0 Å². The summed E-state index contributed by atoms with van der Waals surface area (Å²) in [5.41, 5.74) is 2.29. The summed E-state index contributed by atoms with van der Waals surface area (Å²) in [5, 5.41) is 19.0. The average Bonchev–Trinajstić information content (AvgIpc) is 3.06. The number of nitrogens with zero attached hydrogens (tertiary/aromatic N) is 5. The highest BCUT2D eigenvalue weighted by atomic mass is 127. The molecular weight excluding hydrogens is 493 g/mol. The third-order valence-electron chi connectivity index (χ3n) is 4.09. The van der Waals surface area contributed by atoms with Crippen molar-refractivity contribution in [1.82, 2.24) is 4.53 Å². The SMILES string of the molecule is O=[N+]([O-])c1ccc(N2N(Cl)C(c3ccccc3)=NN2c2ccc(I)cc2)cc1. The number of hydrogen-bond donors (Lipinski definition) is 0. The first-order valence-corrected chi connectivity index (χ1v) is 9.66. The summed E-state index contributed by atoms with van der Waals surface area (Å²) < 4.78 is 2.49. The van der Waals surface area contributed by atoms with Gasteiger partial charge in [-0.2, -0.15) is 9.65 Å². The molecule has 1 heterocycles. The van der Waals surface area contributed by atoms with Crippen molar-refractivity contribution >= 4 is 57.3 Å². The van der Waals surface area contributed by atoms with Gasteiger partial charge in [0.25, 0.3) is 5.69 Å². The molecule has 28 heavy (non-hydrogen) atoms. The Morgan fingerprint density at radius 1 is 0.893 bits per heavy atom. The largest absolute Gasteiger partial charge is 0.269 e. The first-order valence-electron chi connectivity index (χ1n) is 8.24. The molecule has 7 nitrogen and oxygen atoms in total. The van der Waals surface area contributed by atoms with E-state index in [2.05, 4.69) is 27.7 Å². The molecule has 0 amide bonds. The molecule has 9 heteroatoms. The Bertz CT molecular complexity index is 1030. The minimum atomic E-state index is -0.435. The van der Waals surface area contributed by atoms with Crippen molar-refractivity contribution in [2.24, 2.45) is 5.10 Å². The Labute approximate surface area is 179 Å². The van der Waals surface area contributed by atoms with Crippen molar-refractivity contribution in [1.29, 1.82) is 0 Å². The standard InChI is InChI=1S/C19H13ClIN5O2/c20-23-19(14-4-2-1-3-5-14)22-24(16-8-6-15(21)7-9-16)25(23)17-10-12-18(13-11-17)26(27)28/h1-13H. The molecule has 0 bridgehead atoms. The second-order valence-corrected chi connectivity index (χ2v) is 7.44. The molecule has 0 atom stereocenters. The quantitative estimate of drug-likeness (QED) is 0.212. The lowest BCUT2D eigenvalue weighted by atomic mass is 10.2. The molecule has 4 rings (SSSR count). The zero-order chi connectivity index (χ0) is 19.7. The maximum Gasteiger partial charge on any atom is 0.269 e. The fraction of sp³-hybridized carbons (Fsp3) is 0. The van der Waals surface area contributed by atoms with Crippen LogP contribution in [0, 0.1) is 13.7 Å². The van der Waals surface area contributed by atoms with E-state index < -0.39 is 4.92 Å². The molecule has 0 unspecified atom stereocenters. The Morgan fingerprint density at radius 2 is 1.50 bits per heavy atom. The molecule has 0 N–H and O–H groups in total. The van der Waals surface area contributed by atoms with E-state index in [0.29, 0.717) is 11.5 Å². The molecule has 0 aliphatic carbocycles. The highest BCUT2D eigenvalue weighted by Gasteiger charge is 2.34. The summed E-state index contributed by atoms with van der Waals surface area (Å²) in [6.07, 6.45) is 0. The minimum Gasteiger partial charge on any atom is -0.258 e. The smallest absolute Gasteiger partial charge is 0.258 e. The number of anilines is 2. The molecule has 0 radical (unpaired) electrons. The fourth-order valence-corrected chi connectivity index (χ4v) is 3.39. The predicted molar refractivity (Wildman–Crippen MR) is 118 cm³/mol. The van der Waals surface area contributed by atoms with E-state index in [4.69, 9.17) is 11.8 Å². The summed E-state index contributed by atoms with van der Waals surface area (Å²) in [4.78, 5) is 10.5. The summed E-state index contributed by atoms with van der Waals surface area (Å²) >= 11 is 8.88. The third kappa shape index (κ3) is 3.48. The van der Waals surface area contributed by atoms with Gasteiger partial charge in [0.2, 0.25) is 0 Å². The second-order valence-electron chi connectivity index (χ2n) is 5.88. The molecule has 140 valence electrons. The van der Waals surface area contributed by atoms with Gasteiger partial charge < -0.3 is 0 Å². The fourth-order valence-electron chi connectivity index (χ4n) is 2.74. The lowest BCUT2D eigenvalue weighted by molar-refractivity contribution is -0.384. The first-order chi connectivity index (χ1) is 13.5. The molecule has 0 saturated carbocycles. The second kappa shape index (κ2) is 7.64. The molecule has 0 aromatic heterocycles. The van der Waals surface area contributed by atoms with Crippen molar-refractivity contribution < 1.29 is 4.92 Å².